The number of pyridine rings is 1. The van der Waals surface area contributed by atoms with Crippen molar-refractivity contribution in [2.45, 2.75) is 26.6 Å². The number of aromatic nitrogens is 6. The first-order chi connectivity index (χ1) is 17.4. The lowest BCUT2D eigenvalue weighted by molar-refractivity contribution is 0.0951. The number of carbonyl (C=O) groups is 1. The number of rotatable bonds is 5. The molecule has 5 aromatic rings. The Kier molecular flexibility index (Phi) is 5.11. The summed E-state index contributed by atoms with van der Waals surface area (Å²) >= 11 is 0. The highest BCUT2D eigenvalue weighted by Crippen LogP contribution is 2.27. The summed E-state index contributed by atoms with van der Waals surface area (Å²) in [6.07, 6.45) is 4.43. The second kappa shape index (κ2) is 8.34. The highest BCUT2D eigenvalue weighted by molar-refractivity contribution is 5.92. The molecule has 5 heterocycles. The van der Waals surface area contributed by atoms with E-state index in [1.165, 1.54) is 0 Å². The number of aromatic amines is 1. The van der Waals surface area contributed by atoms with Gasteiger partial charge < -0.3 is 10.3 Å². The van der Waals surface area contributed by atoms with Crippen LogP contribution in [0.5, 0.6) is 0 Å². The summed E-state index contributed by atoms with van der Waals surface area (Å²) < 4.78 is 32.0. The fourth-order valence-corrected chi connectivity index (χ4v) is 4.53. The van der Waals surface area contributed by atoms with Crippen molar-refractivity contribution < 1.29 is 13.6 Å². The lowest BCUT2D eigenvalue weighted by Gasteiger charge is -2.16. The highest BCUT2D eigenvalue weighted by Gasteiger charge is 2.25. The largest absolute Gasteiger partial charge is 0.351 e. The predicted octanol–water partition coefficient (Wildman–Crippen LogP) is 2.30. The number of amides is 1. The summed E-state index contributed by atoms with van der Waals surface area (Å²) in [6.45, 7) is 3.76. The van der Waals surface area contributed by atoms with E-state index in [2.05, 4.69) is 25.5 Å². The van der Waals surface area contributed by atoms with Crippen molar-refractivity contribution in [3.8, 4) is 5.69 Å². The highest BCUT2D eigenvalue weighted by atomic mass is 19.1. The minimum Gasteiger partial charge on any atom is -0.351 e. The molecule has 0 saturated carbocycles. The Labute approximate surface area is 202 Å². The van der Waals surface area contributed by atoms with Gasteiger partial charge in [-0.05, 0) is 25.1 Å². The maximum Gasteiger partial charge on any atom is 0.277 e. The van der Waals surface area contributed by atoms with Crippen molar-refractivity contribution in [2.24, 2.45) is 0 Å². The van der Waals surface area contributed by atoms with Gasteiger partial charge in [0.2, 0.25) is 0 Å². The molecule has 0 atom stereocenters. The number of nitrogens with one attached hydrogen (secondary N) is 2. The van der Waals surface area contributed by atoms with E-state index in [0.29, 0.717) is 37.4 Å². The van der Waals surface area contributed by atoms with E-state index in [4.69, 9.17) is 0 Å². The van der Waals surface area contributed by atoms with Crippen LogP contribution in [0.1, 0.15) is 34.2 Å². The first-order valence-corrected chi connectivity index (χ1v) is 11.3. The number of carbonyl (C=O) groups excluding carboxylic acids is 1. The fourth-order valence-electron chi connectivity index (χ4n) is 4.53. The molecule has 0 aliphatic carbocycles. The standard InChI is InChI=1S/C24H20F2N8O2/c1-2-27-23(35)17-5-4-15(7-28-17)33-11-14-10-32(12-18(14)31-33)9-13-3-6-19-21(20(13)26)30-24(36)22-16(25)8-29-34(19)22/h3-8,11H,2,9-10,12H2,1H3,(H,27,35)(H,30,36). The summed E-state index contributed by atoms with van der Waals surface area (Å²) in [4.78, 5) is 32.9. The normalized spacial score (nSPS) is 13.5. The molecule has 1 aliphatic rings. The van der Waals surface area contributed by atoms with Crippen molar-refractivity contribution >= 4 is 22.5 Å². The molecular weight excluding hydrogens is 470 g/mol. The lowest BCUT2D eigenvalue weighted by atomic mass is 10.1. The van der Waals surface area contributed by atoms with E-state index in [-0.39, 0.29) is 22.5 Å². The third kappa shape index (κ3) is 3.53. The van der Waals surface area contributed by atoms with Crippen LogP contribution in [0.4, 0.5) is 8.78 Å². The summed E-state index contributed by atoms with van der Waals surface area (Å²) in [6, 6.07) is 6.67. The van der Waals surface area contributed by atoms with E-state index in [1.54, 1.807) is 35.1 Å². The van der Waals surface area contributed by atoms with Crippen LogP contribution in [0.25, 0.3) is 22.2 Å². The molecule has 1 amide bonds. The van der Waals surface area contributed by atoms with Gasteiger partial charge in [-0.25, -0.2) is 23.0 Å². The molecule has 1 aliphatic heterocycles. The van der Waals surface area contributed by atoms with Crippen molar-refractivity contribution in [2.75, 3.05) is 6.54 Å². The van der Waals surface area contributed by atoms with Crippen LogP contribution < -0.4 is 10.9 Å². The van der Waals surface area contributed by atoms with Crippen molar-refractivity contribution in [3.63, 3.8) is 0 Å². The number of H-pyrrole nitrogens is 1. The number of halogens is 2. The summed E-state index contributed by atoms with van der Waals surface area (Å²) in [7, 11) is 0. The Hall–Kier alpha value is -4.45. The van der Waals surface area contributed by atoms with Crippen molar-refractivity contribution in [1.82, 2.24) is 39.6 Å². The molecule has 0 spiro atoms. The topological polar surface area (TPSA) is 113 Å². The molecule has 0 unspecified atom stereocenters. The lowest BCUT2D eigenvalue weighted by Crippen LogP contribution is -2.23. The van der Waals surface area contributed by atoms with Gasteiger partial charge >= 0.3 is 0 Å². The maximum atomic E-state index is 15.3. The first kappa shape index (κ1) is 22.0. The van der Waals surface area contributed by atoms with Crippen LogP contribution in [0.3, 0.4) is 0 Å². The van der Waals surface area contributed by atoms with Gasteiger partial charge in [-0.3, -0.25) is 14.5 Å². The van der Waals surface area contributed by atoms with E-state index < -0.39 is 17.2 Å². The first-order valence-electron chi connectivity index (χ1n) is 11.3. The van der Waals surface area contributed by atoms with E-state index in [9.17, 15) is 14.0 Å². The van der Waals surface area contributed by atoms with Crippen molar-refractivity contribution in [3.05, 3.63) is 87.4 Å². The third-order valence-electron chi connectivity index (χ3n) is 6.23. The van der Waals surface area contributed by atoms with Gasteiger partial charge in [0.25, 0.3) is 11.5 Å². The van der Waals surface area contributed by atoms with Crippen LogP contribution in [0.2, 0.25) is 0 Å². The molecule has 0 bridgehead atoms. The van der Waals surface area contributed by atoms with Gasteiger partial charge in [-0.15, -0.1) is 0 Å². The Bertz CT molecular complexity index is 1680. The molecule has 0 fully saturated rings. The molecule has 10 nitrogen and oxygen atoms in total. The summed E-state index contributed by atoms with van der Waals surface area (Å²) in [5.41, 5.74) is 2.62. The zero-order valence-electron chi connectivity index (χ0n) is 19.1. The van der Waals surface area contributed by atoms with Crippen LogP contribution in [0.15, 0.2) is 47.7 Å². The van der Waals surface area contributed by atoms with Crippen LogP contribution in [-0.4, -0.2) is 46.7 Å². The minimum absolute atomic E-state index is 0.0150. The smallest absolute Gasteiger partial charge is 0.277 e. The molecule has 36 heavy (non-hydrogen) atoms. The SMILES string of the molecule is CCNC(=O)c1ccc(-n2cc3c(n2)CN(Cc2ccc4c([nH]c(=O)c5c(F)cnn54)c2F)C3)cn1. The maximum absolute atomic E-state index is 15.3. The quantitative estimate of drug-likeness (QED) is 0.391. The Morgan fingerprint density at radius 3 is 2.78 bits per heavy atom. The summed E-state index contributed by atoms with van der Waals surface area (Å²) in [5.74, 6) is -1.56. The molecule has 182 valence electrons. The molecular formula is C24H20F2N8O2. The van der Waals surface area contributed by atoms with E-state index in [0.717, 1.165) is 27.7 Å². The second-order valence-electron chi connectivity index (χ2n) is 8.59. The van der Waals surface area contributed by atoms with Crippen LogP contribution in [-0.2, 0) is 19.6 Å². The Morgan fingerprint density at radius 1 is 1.17 bits per heavy atom. The monoisotopic (exact) mass is 490 g/mol. The fraction of sp³-hybridized carbons (Fsp3) is 0.208. The summed E-state index contributed by atoms with van der Waals surface area (Å²) in [5, 5.41) is 11.2. The molecule has 2 N–H and O–H groups in total. The average molecular weight is 490 g/mol. The molecule has 6 rings (SSSR count). The van der Waals surface area contributed by atoms with Gasteiger partial charge in [0.15, 0.2) is 17.2 Å². The van der Waals surface area contributed by atoms with Gasteiger partial charge in [-0.1, -0.05) is 6.07 Å². The number of benzene rings is 1. The van der Waals surface area contributed by atoms with Gasteiger partial charge in [0.05, 0.1) is 29.3 Å². The molecule has 1 aromatic carbocycles. The van der Waals surface area contributed by atoms with E-state index >= 15 is 4.39 Å². The van der Waals surface area contributed by atoms with Crippen molar-refractivity contribution in [1.29, 1.82) is 0 Å². The molecule has 0 saturated heterocycles. The van der Waals surface area contributed by atoms with Gasteiger partial charge in [0, 0.05) is 43.5 Å². The second-order valence-corrected chi connectivity index (χ2v) is 8.59. The Morgan fingerprint density at radius 2 is 2.03 bits per heavy atom. The number of nitrogens with zero attached hydrogens (tertiary/aromatic N) is 6. The molecule has 0 radical (unpaired) electrons. The minimum atomic E-state index is -0.761. The Balaban J connectivity index is 1.21. The average Bonchev–Trinajstić information content (AvgIpc) is 3.55. The number of fused-ring (bicyclic) bond motifs is 4. The molecule has 12 heteroatoms. The van der Waals surface area contributed by atoms with Gasteiger partial charge in [-0.2, -0.15) is 10.2 Å². The van der Waals surface area contributed by atoms with Gasteiger partial charge in [0.1, 0.15) is 11.2 Å². The zero-order chi connectivity index (χ0) is 25.0. The predicted molar refractivity (Wildman–Crippen MR) is 126 cm³/mol. The number of hydrogen-bond donors (Lipinski definition) is 2. The van der Waals surface area contributed by atoms with E-state index in [1.807, 2.05) is 18.0 Å². The third-order valence-corrected chi connectivity index (χ3v) is 6.23. The van der Waals surface area contributed by atoms with Crippen LogP contribution >= 0.6 is 0 Å². The zero-order valence-corrected chi connectivity index (χ0v) is 19.1. The van der Waals surface area contributed by atoms with Crippen LogP contribution in [0, 0.1) is 11.6 Å². The number of hydrogen-bond acceptors (Lipinski definition) is 6. The molecule has 4 aromatic heterocycles.